The van der Waals surface area contributed by atoms with Gasteiger partial charge in [0, 0.05) is 16.1 Å². The first-order valence-electron chi connectivity index (χ1n) is 7.58. The first-order chi connectivity index (χ1) is 12.1. The van der Waals surface area contributed by atoms with Gasteiger partial charge >= 0.3 is 0 Å². The van der Waals surface area contributed by atoms with Crippen LogP contribution < -0.4 is 10.1 Å². The zero-order valence-electron chi connectivity index (χ0n) is 13.7. The third-order valence-electron chi connectivity index (χ3n) is 3.61. The number of hydrogen-bond donors (Lipinski definition) is 1. The number of carbonyl (C=O) groups excluding carboxylic acids is 1. The van der Waals surface area contributed by atoms with Crippen molar-refractivity contribution in [3.63, 3.8) is 0 Å². The highest BCUT2D eigenvalue weighted by atomic mass is 35.5. The summed E-state index contributed by atoms with van der Waals surface area (Å²) >= 11 is 5.95. The average molecular weight is 358 g/mol. The maximum atomic E-state index is 12.2. The summed E-state index contributed by atoms with van der Waals surface area (Å²) in [7, 11) is 1.59. The van der Waals surface area contributed by atoms with Gasteiger partial charge in [0.1, 0.15) is 5.75 Å². The summed E-state index contributed by atoms with van der Waals surface area (Å²) in [5, 5.41) is 7.25. The fourth-order valence-electron chi connectivity index (χ4n) is 2.35. The molecule has 0 radical (unpaired) electrons. The highest BCUT2D eigenvalue weighted by Gasteiger charge is 2.12. The lowest BCUT2D eigenvalue weighted by molar-refractivity contribution is 0.0946. The van der Waals surface area contributed by atoms with Crippen LogP contribution in [0.5, 0.6) is 5.75 Å². The van der Waals surface area contributed by atoms with E-state index in [0.717, 1.165) is 16.9 Å². The highest BCUT2D eigenvalue weighted by Crippen LogP contribution is 2.20. The lowest BCUT2D eigenvalue weighted by atomic mass is 10.1. The first kappa shape index (κ1) is 17.0. The molecule has 3 rings (SSSR count). The Balaban J connectivity index is 1.66. The van der Waals surface area contributed by atoms with E-state index in [2.05, 4.69) is 15.5 Å². The Hall–Kier alpha value is -2.86. The van der Waals surface area contributed by atoms with Gasteiger partial charge in [-0.2, -0.15) is 4.98 Å². The second-order valence-electron chi connectivity index (χ2n) is 5.39. The molecule has 1 aromatic heterocycles. The Labute approximate surface area is 149 Å². The monoisotopic (exact) mass is 357 g/mol. The van der Waals surface area contributed by atoms with Crippen molar-refractivity contribution in [3.05, 3.63) is 64.5 Å². The molecule has 7 heteroatoms. The Morgan fingerprint density at radius 2 is 2.12 bits per heavy atom. The van der Waals surface area contributed by atoms with E-state index in [-0.39, 0.29) is 12.5 Å². The molecule has 128 valence electrons. The van der Waals surface area contributed by atoms with Crippen LogP contribution in [0.4, 0.5) is 0 Å². The number of nitrogens with zero attached hydrogens (tertiary/aromatic N) is 2. The molecule has 1 N–H and O–H groups in total. The Morgan fingerprint density at radius 3 is 2.84 bits per heavy atom. The predicted octanol–water partition coefficient (Wildman–Crippen LogP) is 3.64. The molecule has 0 saturated carbocycles. The number of hydrogen-bond acceptors (Lipinski definition) is 5. The summed E-state index contributed by atoms with van der Waals surface area (Å²) in [5.41, 5.74) is 2.17. The van der Waals surface area contributed by atoms with Crippen molar-refractivity contribution in [2.45, 2.75) is 13.5 Å². The maximum absolute atomic E-state index is 12.2. The van der Waals surface area contributed by atoms with Crippen LogP contribution in [0.25, 0.3) is 11.4 Å². The van der Waals surface area contributed by atoms with Gasteiger partial charge in [-0.15, -0.1) is 0 Å². The topological polar surface area (TPSA) is 77.2 Å². The molecule has 0 aliphatic rings. The van der Waals surface area contributed by atoms with Crippen molar-refractivity contribution in [2.75, 3.05) is 7.11 Å². The summed E-state index contributed by atoms with van der Waals surface area (Å²) in [6, 6.07) is 12.4. The third-order valence-corrected chi connectivity index (χ3v) is 3.84. The van der Waals surface area contributed by atoms with E-state index in [4.69, 9.17) is 20.9 Å². The van der Waals surface area contributed by atoms with Gasteiger partial charge in [-0.05, 0) is 42.8 Å². The van der Waals surface area contributed by atoms with E-state index in [1.165, 1.54) is 0 Å². The van der Waals surface area contributed by atoms with Crippen LogP contribution in [0.15, 0.2) is 47.0 Å². The van der Waals surface area contributed by atoms with Crippen molar-refractivity contribution in [1.82, 2.24) is 15.5 Å². The maximum Gasteiger partial charge on any atom is 0.251 e. The van der Waals surface area contributed by atoms with Crippen LogP contribution in [0.1, 0.15) is 21.8 Å². The van der Waals surface area contributed by atoms with Crippen LogP contribution in [0.3, 0.4) is 0 Å². The second kappa shape index (κ2) is 7.36. The Kier molecular flexibility index (Phi) is 5.00. The first-order valence-corrected chi connectivity index (χ1v) is 7.96. The second-order valence-corrected chi connectivity index (χ2v) is 5.83. The van der Waals surface area contributed by atoms with E-state index in [1.54, 1.807) is 37.4 Å². The zero-order valence-corrected chi connectivity index (χ0v) is 14.5. The fraction of sp³-hybridized carbons (Fsp3) is 0.167. The molecule has 0 aliphatic carbocycles. The highest BCUT2D eigenvalue weighted by molar-refractivity contribution is 6.30. The van der Waals surface area contributed by atoms with E-state index in [1.807, 2.05) is 19.1 Å². The number of methoxy groups -OCH3 is 1. The minimum atomic E-state index is -0.228. The van der Waals surface area contributed by atoms with Gasteiger partial charge in [0.25, 0.3) is 5.91 Å². The summed E-state index contributed by atoms with van der Waals surface area (Å²) in [6.45, 7) is 2.02. The van der Waals surface area contributed by atoms with Crippen molar-refractivity contribution >= 4 is 17.5 Å². The zero-order chi connectivity index (χ0) is 17.8. The molecule has 0 aliphatic heterocycles. The molecule has 0 spiro atoms. The summed E-state index contributed by atoms with van der Waals surface area (Å²) < 4.78 is 10.4. The molecule has 0 fully saturated rings. The predicted molar refractivity (Wildman–Crippen MR) is 93.6 cm³/mol. The number of halogens is 1. The van der Waals surface area contributed by atoms with Gasteiger partial charge in [-0.3, -0.25) is 4.79 Å². The summed E-state index contributed by atoms with van der Waals surface area (Å²) in [5.74, 6) is 1.24. The molecule has 3 aromatic rings. The molecular formula is C18H16ClN3O3. The van der Waals surface area contributed by atoms with E-state index in [0.29, 0.717) is 22.3 Å². The number of rotatable bonds is 5. The van der Waals surface area contributed by atoms with Gasteiger partial charge in [0.05, 0.1) is 13.7 Å². The molecule has 1 heterocycles. The fourth-order valence-corrected chi connectivity index (χ4v) is 2.54. The van der Waals surface area contributed by atoms with Gasteiger partial charge in [0.2, 0.25) is 11.7 Å². The van der Waals surface area contributed by atoms with E-state index >= 15 is 0 Å². The van der Waals surface area contributed by atoms with E-state index in [9.17, 15) is 4.79 Å². The molecule has 0 unspecified atom stereocenters. The molecule has 0 saturated heterocycles. The van der Waals surface area contributed by atoms with Crippen molar-refractivity contribution in [1.29, 1.82) is 0 Å². The van der Waals surface area contributed by atoms with E-state index < -0.39 is 0 Å². The van der Waals surface area contributed by atoms with Crippen LogP contribution in [-0.2, 0) is 6.54 Å². The SMILES string of the molecule is COc1ccc(C(=O)NCc2nc(-c3cccc(Cl)c3)no2)cc1C. The number of ether oxygens (including phenoxy) is 1. The minimum absolute atomic E-state index is 0.136. The normalized spacial score (nSPS) is 10.5. The summed E-state index contributed by atoms with van der Waals surface area (Å²) in [4.78, 5) is 16.5. The van der Waals surface area contributed by atoms with Crippen molar-refractivity contribution < 1.29 is 14.1 Å². The molecule has 1 amide bonds. The van der Waals surface area contributed by atoms with Gasteiger partial charge in [-0.25, -0.2) is 0 Å². The number of nitrogens with one attached hydrogen (secondary N) is 1. The number of amides is 1. The Morgan fingerprint density at radius 1 is 1.28 bits per heavy atom. The lowest BCUT2D eigenvalue weighted by Crippen LogP contribution is -2.23. The summed E-state index contributed by atoms with van der Waals surface area (Å²) in [6.07, 6.45) is 0. The molecule has 6 nitrogen and oxygen atoms in total. The van der Waals surface area contributed by atoms with Crippen LogP contribution >= 0.6 is 11.6 Å². The van der Waals surface area contributed by atoms with Crippen LogP contribution in [0.2, 0.25) is 5.02 Å². The lowest BCUT2D eigenvalue weighted by Gasteiger charge is -2.07. The van der Waals surface area contributed by atoms with Crippen molar-refractivity contribution in [2.24, 2.45) is 0 Å². The quantitative estimate of drug-likeness (QED) is 0.754. The van der Waals surface area contributed by atoms with Crippen LogP contribution in [-0.4, -0.2) is 23.2 Å². The van der Waals surface area contributed by atoms with Gasteiger partial charge < -0.3 is 14.6 Å². The number of benzene rings is 2. The standard InChI is InChI=1S/C18H16ClN3O3/c1-11-8-13(6-7-15(11)24-2)18(23)20-10-16-21-17(22-25-16)12-4-3-5-14(19)9-12/h3-9H,10H2,1-2H3,(H,20,23). The largest absolute Gasteiger partial charge is 0.496 e. The molecule has 0 atom stereocenters. The van der Waals surface area contributed by atoms with Crippen molar-refractivity contribution in [3.8, 4) is 17.1 Å². The number of carbonyl (C=O) groups is 1. The molecule has 0 bridgehead atoms. The third kappa shape index (κ3) is 3.97. The smallest absolute Gasteiger partial charge is 0.251 e. The molecule has 25 heavy (non-hydrogen) atoms. The van der Waals surface area contributed by atoms with Gasteiger partial charge in [-0.1, -0.05) is 28.9 Å². The number of aryl methyl sites for hydroxylation is 1. The molecular weight excluding hydrogens is 342 g/mol. The molecule has 2 aromatic carbocycles. The average Bonchev–Trinajstić information content (AvgIpc) is 3.08. The van der Waals surface area contributed by atoms with Crippen LogP contribution in [0, 0.1) is 6.92 Å². The Bertz CT molecular complexity index is 908. The number of aromatic nitrogens is 2. The van der Waals surface area contributed by atoms with Gasteiger partial charge in [0.15, 0.2) is 0 Å². The minimum Gasteiger partial charge on any atom is -0.496 e.